The molecule has 120 valence electrons. The van der Waals surface area contributed by atoms with Crippen molar-refractivity contribution in [2.24, 2.45) is 0 Å². The zero-order valence-corrected chi connectivity index (χ0v) is 12.6. The minimum atomic E-state index is -0.671. The summed E-state index contributed by atoms with van der Waals surface area (Å²) in [4.78, 5) is 23.4. The van der Waals surface area contributed by atoms with Crippen molar-refractivity contribution in [3.8, 4) is 5.75 Å². The van der Waals surface area contributed by atoms with Crippen LogP contribution in [0, 0.1) is 0 Å². The highest BCUT2D eigenvalue weighted by atomic mass is 16.5. The van der Waals surface area contributed by atoms with E-state index in [1.54, 1.807) is 24.3 Å². The van der Waals surface area contributed by atoms with E-state index in [1.165, 1.54) is 7.11 Å². The molecule has 1 aromatic rings. The third-order valence-corrected chi connectivity index (χ3v) is 2.56. The SMILES string of the molecule is CCOc1ccccc1N/C(=C\C(=O)OC)C(=O)NCCO. The van der Waals surface area contributed by atoms with E-state index in [-0.39, 0.29) is 18.8 Å². The van der Waals surface area contributed by atoms with Crippen LogP contribution < -0.4 is 15.4 Å². The average molecular weight is 308 g/mol. The minimum absolute atomic E-state index is 0.00699. The summed E-state index contributed by atoms with van der Waals surface area (Å²) in [7, 11) is 1.22. The van der Waals surface area contributed by atoms with Crippen LogP contribution in [-0.2, 0) is 14.3 Å². The number of methoxy groups -OCH3 is 1. The fraction of sp³-hybridized carbons (Fsp3) is 0.333. The van der Waals surface area contributed by atoms with Crippen LogP contribution in [0.2, 0.25) is 0 Å². The van der Waals surface area contributed by atoms with Crippen LogP contribution in [0.4, 0.5) is 5.69 Å². The molecule has 0 saturated heterocycles. The van der Waals surface area contributed by atoms with Gasteiger partial charge in [0.15, 0.2) is 0 Å². The summed E-state index contributed by atoms with van der Waals surface area (Å²) in [6, 6.07) is 7.03. The lowest BCUT2D eigenvalue weighted by atomic mass is 10.2. The zero-order valence-electron chi connectivity index (χ0n) is 12.6. The van der Waals surface area contributed by atoms with Gasteiger partial charge < -0.3 is 25.2 Å². The molecule has 0 heterocycles. The van der Waals surface area contributed by atoms with Crippen molar-refractivity contribution in [2.75, 3.05) is 32.2 Å². The summed E-state index contributed by atoms with van der Waals surface area (Å²) in [5.74, 6) is -0.656. The summed E-state index contributed by atoms with van der Waals surface area (Å²) < 4.78 is 9.99. The average Bonchev–Trinajstić information content (AvgIpc) is 2.53. The van der Waals surface area contributed by atoms with Crippen LogP contribution in [0.25, 0.3) is 0 Å². The highest BCUT2D eigenvalue weighted by Crippen LogP contribution is 2.25. The van der Waals surface area contributed by atoms with Crippen molar-refractivity contribution in [1.29, 1.82) is 0 Å². The number of ether oxygens (including phenoxy) is 2. The Bertz CT molecular complexity index is 542. The molecule has 1 aromatic carbocycles. The van der Waals surface area contributed by atoms with Gasteiger partial charge in [0.25, 0.3) is 5.91 Å². The summed E-state index contributed by atoms with van der Waals surface area (Å²) >= 11 is 0. The van der Waals surface area contributed by atoms with Gasteiger partial charge in [-0.25, -0.2) is 4.79 Å². The van der Waals surface area contributed by atoms with Gasteiger partial charge in [-0.1, -0.05) is 12.1 Å². The Balaban J connectivity index is 3.00. The van der Waals surface area contributed by atoms with Crippen molar-refractivity contribution in [2.45, 2.75) is 6.92 Å². The Kier molecular flexibility index (Phi) is 7.49. The topological polar surface area (TPSA) is 96.9 Å². The normalized spacial score (nSPS) is 10.8. The highest BCUT2D eigenvalue weighted by molar-refractivity contribution is 6.02. The second-order valence-electron chi connectivity index (χ2n) is 4.11. The number of aliphatic hydroxyl groups excluding tert-OH is 1. The fourth-order valence-corrected chi connectivity index (χ4v) is 1.60. The summed E-state index contributed by atoms with van der Waals surface area (Å²) in [5.41, 5.74) is 0.533. The maximum Gasteiger partial charge on any atom is 0.332 e. The number of rotatable bonds is 8. The predicted molar refractivity (Wildman–Crippen MR) is 81.4 cm³/mol. The van der Waals surface area contributed by atoms with E-state index in [1.807, 2.05) is 6.92 Å². The smallest absolute Gasteiger partial charge is 0.332 e. The van der Waals surface area contributed by atoms with Crippen LogP contribution in [0.1, 0.15) is 6.92 Å². The molecule has 22 heavy (non-hydrogen) atoms. The molecule has 0 radical (unpaired) electrons. The van der Waals surface area contributed by atoms with E-state index in [4.69, 9.17) is 9.84 Å². The Morgan fingerprint density at radius 3 is 2.68 bits per heavy atom. The van der Waals surface area contributed by atoms with Crippen molar-refractivity contribution >= 4 is 17.6 Å². The summed E-state index contributed by atoms with van der Waals surface area (Å²) in [6.45, 7) is 2.18. The molecule has 0 aliphatic heterocycles. The maximum absolute atomic E-state index is 12.0. The lowest BCUT2D eigenvalue weighted by Gasteiger charge is -2.14. The molecule has 0 atom stereocenters. The number of benzene rings is 1. The number of hydrogen-bond acceptors (Lipinski definition) is 6. The summed E-state index contributed by atoms with van der Waals surface area (Å²) in [6.07, 6.45) is 1.04. The first-order chi connectivity index (χ1) is 10.6. The molecule has 1 rings (SSSR count). The molecule has 3 N–H and O–H groups in total. The molecule has 0 unspecified atom stereocenters. The second kappa shape index (κ2) is 9.41. The third kappa shape index (κ3) is 5.45. The van der Waals surface area contributed by atoms with Gasteiger partial charge in [0.05, 0.1) is 32.1 Å². The van der Waals surface area contributed by atoms with Crippen molar-refractivity contribution in [3.63, 3.8) is 0 Å². The van der Waals surface area contributed by atoms with Gasteiger partial charge in [-0.3, -0.25) is 4.79 Å². The quantitative estimate of drug-likeness (QED) is 0.482. The van der Waals surface area contributed by atoms with Crippen LogP contribution in [-0.4, -0.2) is 43.9 Å². The van der Waals surface area contributed by atoms with Gasteiger partial charge in [-0.15, -0.1) is 0 Å². The number of para-hydroxylation sites is 2. The Hall–Kier alpha value is -2.54. The van der Waals surface area contributed by atoms with E-state index < -0.39 is 11.9 Å². The fourth-order valence-electron chi connectivity index (χ4n) is 1.60. The first-order valence-corrected chi connectivity index (χ1v) is 6.80. The van der Waals surface area contributed by atoms with E-state index in [0.29, 0.717) is 18.0 Å². The molecule has 0 bridgehead atoms. The maximum atomic E-state index is 12.0. The van der Waals surface area contributed by atoms with E-state index >= 15 is 0 Å². The van der Waals surface area contributed by atoms with E-state index in [2.05, 4.69) is 15.4 Å². The molecule has 0 spiro atoms. The number of hydrogen-bond donors (Lipinski definition) is 3. The molecule has 1 amide bonds. The first kappa shape index (κ1) is 17.5. The highest BCUT2D eigenvalue weighted by Gasteiger charge is 2.14. The third-order valence-electron chi connectivity index (χ3n) is 2.56. The number of anilines is 1. The number of nitrogens with one attached hydrogen (secondary N) is 2. The van der Waals surface area contributed by atoms with Crippen LogP contribution >= 0.6 is 0 Å². The lowest BCUT2D eigenvalue weighted by Crippen LogP contribution is -2.31. The van der Waals surface area contributed by atoms with Crippen molar-refractivity contribution in [1.82, 2.24) is 5.32 Å². The van der Waals surface area contributed by atoms with E-state index in [9.17, 15) is 9.59 Å². The van der Waals surface area contributed by atoms with Crippen LogP contribution in [0.3, 0.4) is 0 Å². The molecular formula is C15H20N2O5. The van der Waals surface area contributed by atoms with Crippen molar-refractivity contribution < 1.29 is 24.2 Å². The number of carbonyl (C=O) groups excluding carboxylic acids is 2. The molecule has 7 nitrogen and oxygen atoms in total. The number of esters is 1. The standard InChI is InChI=1S/C15H20N2O5/c1-3-22-13-7-5-4-6-11(13)17-12(10-14(19)21-2)15(20)16-8-9-18/h4-7,10,17-18H,3,8-9H2,1-2H3,(H,16,20)/b12-10-. The van der Waals surface area contributed by atoms with Crippen LogP contribution in [0.5, 0.6) is 5.75 Å². The van der Waals surface area contributed by atoms with Crippen molar-refractivity contribution in [3.05, 3.63) is 36.0 Å². The largest absolute Gasteiger partial charge is 0.492 e. The Morgan fingerprint density at radius 1 is 1.32 bits per heavy atom. The molecular weight excluding hydrogens is 288 g/mol. The number of aliphatic hydroxyl groups is 1. The molecule has 0 fully saturated rings. The number of carbonyl (C=O) groups is 2. The van der Waals surface area contributed by atoms with Gasteiger partial charge >= 0.3 is 5.97 Å². The minimum Gasteiger partial charge on any atom is -0.492 e. The van der Waals surface area contributed by atoms with Gasteiger partial charge in [0.2, 0.25) is 0 Å². The van der Waals surface area contributed by atoms with E-state index in [0.717, 1.165) is 6.08 Å². The molecule has 7 heteroatoms. The molecule has 0 aliphatic rings. The zero-order chi connectivity index (χ0) is 16.4. The lowest BCUT2D eigenvalue weighted by molar-refractivity contribution is -0.135. The molecule has 0 aromatic heterocycles. The first-order valence-electron chi connectivity index (χ1n) is 6.80. The van der Waals surface area contributed by atoms with Gasteiger partial charge in [0, 0.05) is 6.54 Å². The Morgan fingerprint density at radius 2 is 2.05 bits per heavy atom. The monoisotopic (exact) mass is 308 g/mol. The van der Waals surface area contributed by atoms with Gasteiger partial charge in [-0.2, -0.15) is 0 Å². The number of amides is 1. The second-order valence-corrected chi connectivity index (χ2v) is 4.11. The van der Waals surface area contributed by atoms with Gasteiger partial charge in [0.1, 0.15) is 11.4 Å². The van der Waals surface area contributed by atoms with Gasteiger partial charge in [-0.05, 0) is 19.1 Å². The molecule has 0 aliphatic carbocycles. The van der Waals surface area contributed by atoms with Crippen LogP contribution in [0.15, 0.2) is 36.0 Å². The molecule has 0 saturated carbocycles. The Labute approximate surface area is 128 Å². The predicted octanol–water partition coefficient (Wildman–Crippen LogP) is 0.663. The summed E-state index contributed by atoms with van der Waals surface area (Å²) in [5, 5.41) is 14.1.